The van der Waals surface area contributed by atoms with E-state index in [1.165, 1.54) is 0 Å². The van der Waals surface area contributed by atoms with Gasteiger partial charge in [0.2, 0.25) is 0 Å². The Labute approximate surface area is 116 Å². The molecule has 0 bridgehead atoms. The molecule has 0 amide bonds. The third-order valence-electron chi connectivity index (χ3n) is 4.37. The molecule has 3 unspecified atom stereocenters. The van der Waals surface area contributed by atoms with Crippen LogP contribution >= 0.6 is 0 Å². The van der Waals surface area contributed by atoms with E-state index in [0.717, 1.165) is 32.5 Å². The van der Waals surface area contributed by atoms with Crippen LogP contribution in [0.2, 0.25) is 0 Å². The summed E-state index contributed by atoms with van der Waals surface area (Å²) in [4.78, 5) is 2.40. The number of methoxy groups -OCH3 is 1. The van der Waals surface area contributed by atoms with E-state index in [-0.39, 0.29) is 11.8 Å². The van der Waals surface area contributed by atoms with E-state index in [4.69, 9.17) is 4.74 Å². The lowest BCUT2D eigenvalue weighted by Gasteiger charge is -2.37. The zero-order chi connectivity index (χ0) is 13.9. The molecule has 2 saturated heterocycles. The second kappa shape index (κ2) is 6.52. The van der Waals surface area contributed by atoms with Gasteiger partial charge in [-0.05, 0) is 31.8 Å². The Hall–Kier alpha value is -0.170. The summed E-state index contributed by atoms with van der Waals surface area (Å²) < 4.78 is 28.7. The largest absolute Gasteiger partial charge is 0.380 e. The van der Waals surface area contributed by atoms with E-state index in [1.807, 2.05) is 0 Å². The molecule has 0 aromatic carbocycles. The average Bonchev–Trinajstić information content (AvgIpc) is 2.36. The highest BCUT2D eigenvalue weighted by Crippen LogP contribution is 2.19. The molecule has 2 aliphatic rings. The molecule has 0 aliphatic carbocycles. The molecule has 0 radical (unpaired) electrons. The highest BCUT2D eigenvalue weighted by molar-refractivity contribution is 7.91. The van der Waals surface area contributed by atoms with Crippen LogP contribution in [0.3, 0.4) is 0 Å². The first kappa shape index (κ1) is 15.2. The van der Waals surface area contributed by atoms with Crippen LogP contribution in [0.5, 0.6) is 0 Å². The van der Waals surface area contributed by atoms with Gasteiger partial charge in [-0.15, -0.1) is 0 Å². The van der Waals surface area contributed by atoms with Crippen molar-refractivity contribution in [2.45, 2.75) is 31.9 Å². The predicted molar refractivity (Wildman–Crippen MR) is 76.1 cm³/mol. The van der Waals surface area contributed by atoms with Crippen molar-refractivity contribution in [3.63, 3.8) is 0 Å². The van der Waals surface area contributed by atoms with Crippen molar-refractivity contribution in [2.24, 2.45) is 5.92 Å². The van der Waals surface area contributed by atoms with Crippen molar-refractivity contribution < 1.29 is 13.2 Å². The molecule has 0 aromatic rings. The van der Waals surface area contributed by atoms with Crippen LogP contribution in [0.1, 0.15) is 19.8 Å². The van der Waals surface area contributed by atoms with Crippen molar-refractivity contribution in [2.75, 3.05) is 44.8 Å². The minimum absolute atomic E-state index is 0.124. The molecule has 2 aliphatic heterocycles. The summed E-state index contributed by atoms with van der Waals surface area (Å²) in [5, 5.41) is 3.31. The maximum Gasteiger partial charge on any atom is 0.153 e. The van der Waals surface area contributed by atoms with Crippen molar-refractivity contribution in [3.8, 4) is 0 Å². The molecule has 0 aromatic heterocycles. The Balaban J connectivity index is 1.76. The topological polar surface area (TPSA) is 58.6 Å². The van der Waals surface area contributed by atoms with Gasteiger partial charge in [-0.3, -0.25) is 0 Å². The SMILES string of the molecule is COC1CN(CCC2CS(=O)(=O)CCN2)CCC1C. The third-order valence-corrected chi connectivity index (χ3v) is 6.11. The van der Waals surface area contributed by atoms with Gasteiger partial charge in [-0.1, -0.05) is 6.92 Å². The van der Waals surface area contributed by atoms with E-state index in [2.05, 4.69) is 17.1 Å². The number of hydrogen-bond donors (Lipinski definition) is 1. The van der Waals surface area contributed by atoms with Crippen molar-refractivity contribution in [1.82, 2.24) is 10.2 Å². The summed E-state index contributed by atoms with van der Waals surface area (Å²) in [6.07, 6.45) is 2.38. The fraction of sp³-hybridized carbons (Fsp3) is 1.00. The molecule has 6 heteroatoms. The molecule has 1 N–H and O–H groups in total. The van der Waals surface area contributed by atoms with Crippen molar-refractivity contribution >= 4 is 9.84 Å². The summed E-state index contributed by atoms with van der Waals surface area (Å²) in [6.45, 7) is 5.86. The zero-order valence-electron chi connectivity index (χ0n) is 12.0. The molecule has 5 nitrogen and oxygen atoms in total. The van der Waals surface area contributed by atoms with E-state index in [0.29, 0.717) is 24.3 Å². The molecular weight excluding hydrogens is 264 g/mol. The molecule has 0 spiro atoms. The number of nitrogens with zero attached hydrogens (tertiary/aromatic N) is 1. The Kier molecular flexibility index (Phi) is 5.22. The number of nitrogens with one attached hydrogen (secondary N) is 1. The minimum Gasteiger partial charge on any atom is -0.380 e. The lowest BCUT2D eigenvalue weighted by Crippen LogP contribution is -2.48. The van der Waals surface area contributed by atoms with E-state index < -0.39 is 9.84 Å². The number of ether oxygens (including phenoxy) is 1. The van der Waals surface area contributed by atoms with Crippen molar-refractivity contribution in [3.05, 3.63) is 0 Å². The van der Waals surface area contributed by atoms with Gasteiger partial charge in [-0.25, -0.2) is 8.42 Å². The monoisotopic (exact) mass is 290 g/mol. The van der Waals surface area contributed by atoms with Gasteiger partial charge in [0, 0.05) is 26.2 Å². The van der Waals surface area contributed by atoms with Crippen LogP contribution in [0.25, 0.3) is 0 Å². The number of piperidine rings is 1. The first-order valence-corrected chi connectivity index (χ1v) is 9.01. The van der Waals surface area contributed by atoms with E-state index in [1.54, 1.807) is 7.11 Å². The van der Waals surface area contributed by atoms with Crippen LogP contribution < -0.4 is 5.32 Å². The zero-order valence-corrected chi connectivity index (χ0v) is 12.8. The molecule has 3 atom stereocenters. The van der Waals surface area contributed by atoms with Gasteiger partial charge in [0.25, 0.3) is 0 Å². The van der Waals surface area contributed by atoms with Crippen molar-refractivity contribution in [1.29, 1.82) is 0 Å². The smallest absolute Gasteiger partial charge is 0.153 e. The highest BCUT2D eigenvalue weighted by atomic mass is 32.2. The van der Waals surface area contributed by atoms with Gasteiger partial charge in [0.1, 0.15) is 0 Å². The normalized spacial score (nSPS) is 36.2. The summed E-state index contributed by atoms with van der Waals surface area (Å²) in [6, 6.07) is 0.124. The Morgan fingerprint density at radius 1 is 1.42 bits per heavy atom. The standard InChI is InChI=1S/C13H26N2O3S/c1-11-3-6-15(9-13(11)18-2)7-4-12-10-19(16,17)8-5-14-12/h11-14H,3-10H2,1-2H3. The van der Waals surface area contributed by atoms with Crippen LogP contribution in [0, 0.1) is 5.92 Å². The van der Waals surface area contributed by atoms with Crippen LogP contribution in [-0.4, -0.2) is 70.3 Å². The Morgan fingerprint density at radius 2 is 2.21 bits per heavy atom. The summed E-state index contributed by atoms with van der Waals surface area (Å²) in [7, 11) is -1.04. The third kappa shape index (κ3) is 4.41. The molecule has 2 rings (SSSR count). The molecule has 19 heavy (non-hydrogen) atoms. The molecule has 2 heterocycles. The number of rotatable bonds is 4. The second-order valence-electron chi connectivity index (χ2n) is 5.89. The predicted octanol–water partition coefficient (Wildman–Crippen LogP) is 0.120. The Morgan fingerprint density at radius 3 is 2.89 bits per heavy atom. The minimum atomic E-state index is -2.81. The summed E-state index contributed by atoms with van der Waals surface area (Å²) >= 11 is 0. The van der Waals surface area contributed by atoms with E-state index >= 15 is 0 Å². The average molecular weight is 290 g/mol. The summed E-state index contributed by atoms with van der Waals surface area (Å²) in [5.74, 6) is 1.20. The maximum atomic E-state index is 11.6. The molecule has 2 fully saturated rings. The fourth-order valence-corrected chi connectivity index (χ4v) is 4.49. The molecular formula is C13H26N2O3S. The lowest BCUT2D eigenvalue weighted by molar-refractivity contribution is -0.00566. The van der Waals surface area contributed by atoms with Gasteiger partial charge in [0.05, 0.1) is 17.6 Å². The van der Waals surface area contributed by atoms with E-state index in [9.17, 15) is 8.42 Å². The van der Waals surface area contributed by atoms with Gasteiger partial charge in [0.15, 0.2) is 9.84 Å². The van der Waals surface area contributed by atoms with Gasteiger partial charge < -0.3 is 15.0 Å². The van der Waals surface area contributed by atoms with Crippen LogP contribution in [0.15, 0.2) is 0 Å². The first-order valence-electron chi connectivity index (χ1n) is 7.19. The number of likely N-dealkylation sites (tertiary alicyclic amines) is 1. The first-order chi connectivity index (χ1) is 9.00. The fourth-order valence-electron chi connectivity index (χ4n) is 3.00. The molecule has 0 saturated carbocycles. The maximum absolute atomic E-state index is 11.6. The number of hydrogen-bond acceptors (Lipinski definition) is 5. The van der Waals surface area contributed by atoms with Crippen LogP contribution in [0.4, 0.5) is 0 Å². The molecule has 112 valence electrons. The van der Waals surface area contributed by atoms with Crippen LogP contribution in [-0.2, 0) is 14.6 Å². The highest BCUT2D eigenvalue weighted by Gasteiger charge is 2.28. The lowest BCUT2D eigenvalue weighted by atomic mass is 9.95. The summed E-state index contributed by atoms with van der Waals surface area (Å²) in [5.41, 5.74) is 0. The second-order valence-corrected chi connectivity index (χ2v) is 8.12. The quantitative estimate of drug-likeness (QED) is 0.797. The number of sulfone groups is 1. The Bertz CT molecular complexity index is 385. The van der Waals surface area contributed by atoms with Gasteiger partial charge in [-0.2, -0.15) is 0 Å². The van der Waals surface area contributed by atoms with Gasteiger partial charge >= 0.3 is 0 Å².